The molecule has 1 aromatic heterocycles. The highest BCUT2D eigenvalue weighted by molar-refractivity contribution is 7.13. The predicted molar refractivity (Wildman–Crippen MR) is 139 cm³/mol. The molecule has 3 N–H and O–H groups in total. The van der Waals surface area contributed by atoms with Gasteiger partial charge in [-0.2, -0.15) is 5.26 Å². The van der Waals surface area contributed by atoms with E-state index in [1.54, 1.807) is 11.3 Å². The Bertz CT molecular complexity index is 1220. The number of carbonyl (C=O) groups is 3. The van der Waals surface area contributed by atoms with Crippen LogP contribution in [0, 0.1) is 29.1 Å². The maximum Gasteiger partial charge on any atom is 0.246 e. The van der Waals surface area contributed by atoms with Gasteiger partial charge in [-0.15, -0.1) is 11.3 Å². The SMILES string of the molecule is Cc1ncsc1-c1ccc(CNC(=O)C2C[C@@H](O)CN2C(=O)[C@@H](NC(=O)C2(C#N)CC2)C(C)(C)C)cc1. The van der Waals surface area contributed by atoms with Gasteiger partial charge in [-0.3, -0.25) is 14.4 Å². The number of aliphatic hydroxyl groups is 1. The Morgan fingerprint density at radius 3 is 2.49 bits per heavy atom. The quantitative estimate of drug-likeness (QED) is 0.510. The largest absolute Gasteiger partial charge is 0.391 e. The summed E-state index contributed by atoms with van der Waals surface area (Å²) >= 11 is 1.58. The molecule has 0 bridgehead atoms. The number of aliphatic hydroxyl groups excluding tert-OH is 1. The number of amides is 3. The van der Waals surface area contributed by atoms with Crippen molar-refractivity contribution in [1.82, 2.24) is 20.5 Å². The predicted octanol–water partition coefficient (Wildman–Crippen LogP) is 2.53. The van der Waals surface area contributed by atoms with Gasteiger partial charge in [0.1, 0.15) is 17.5 Å². The molecule has 1 aromatic carbocycles. The number of β-amino-alcohol motifs (C(OH)–C–C–N with tert-alkyl or cyclic N) is 1. The van der Waals surface area contributed by atoms with Crippen LogP contribution in [0.25, 0.3) is 10.4 Å². The number of nitrogens with zero attached hydrogens (tertiary/aromatic N) is 3. The minimum atomic E-state index is -1.07. The molecule has 1 aliphatic heterocycles. The lowest BCUT2D eigenvalue weighted by molar-refractivity contribution is -0.144. The van der Waals surface area contributed by atoms with Crippen molar-refractivity contribution in [2.45, 2.75) is 71.7 Å². The minimum absolute atomic E-state index is 0.00562. The van der Waals surface area contributed by atoms with Crippen LogP contribution < -0.4 is 10.6 Å². The number of likely N-dealkylation sites (tertiary alicyclic amines) is 1. The lowest BCUT2D eigenvalue weighted by Gasteiger charge is -2.35. The van der Waals surface area contributed by atoms with Crippen LogP contribution in [-0.4, -0.2) is 57.4 Å². The van der Waals surface area contributed by atoms with Crippen molar-refractivity contribution in [2.75, 3.05) is 6.54 Å². The zero-order chi connectivity index (χ0) is 27.0. The maximum absolute atomic E-state index is 13.6. The molecule has 3 amide bonds. The molecule has 2 aromatic rings. The fraction of sp³-hybridized carbons (Fsp3) is 0.519. The van der Waals surface area contributed by atoms with Crippen molar-refractivity contribution in [3.8, 4) is 16.5 Å². The van der Waals surface area contributed by atoms with E-state index in [0.717, 1.165) is 21.7 Å². The van der Waals surface area contributed by atoms with Crippen molar-refractivity contribution in [1.29, 1.82) is 5.26 Å². The first-order valence-electron chi connectivity index (χ1n) is 12.4. The summed E-state index contributed by atoms with van der Waals surface area (Å²) in [5.41, 5.74) is 3.02. The summed E-state index contributed by atoms with van der Waals surface area (Å²) in [5.74, 6) is -1.25. The summed E-state index contributed by atoms with van der Waals surface area (Å²) in [7, 11) is 0. The van der Waals surface area contributed by atoms with E-state index in [2.05, 4.69) is 21.7 Å². The second kappa shape index (κ2) is 10.2. The van der Waals surface area contributed by atoms with Crippen molar-refractivity contribution in [3.63, 3.8) is 0 Å². The third-order valence-electron chi connectivity index (χ3n) is 7.08. The first-order valence-corrected chi connectivity index (χ1v) is 13.3. The standard InChI is InChI=1S/C27H33N5O4S/c1-16-21(37-15-30-16)18-7-5-17(6-8-18)12-29-23(34)20-11-19(33)13-32(20)24(35)22(26(2,3)4)31-25(36)27(14-28)9-10-27/h5-8,15,19-20,22,33H,9-13H2,1-4H3,(H,29,34)(H,31,36)/t19-,20?,22-/m1/s1. The molecule has 9 nitrogen and oxygen atoms in total. The average Bonchev–Trinajstić information content (AvgIpc) is 3.40. The molecule has 2 fully saturated rings. The first kappa shape index (κ1) is 26.8. The first-order chi connectivity index (χ1) is 17.4. The zero-order valence-corrected chi connectivity index (χ0v) is 22.4. The van der Waals surface area contributed by atoms with Crippen LogP contribution in [0.3, 0.4) is 0 Å². The van der Waals surface area contributed by atoms with Gasteiger partial charge in [0.05, 0.1) is 28.3 Å². The number of aryl methyl sites for hydroxylation is 1. The Morgan fingerprint density at radius 1 is 1.27 bits per heavy atom. The van der Waals surface area contributed by atoms with E-state index in [4.69, 9.17) is 0 Å². The fourth-order valence-corrected chi connectivity index (χ4v) is 5.38. The number of aromatic nitrogens is 1. The summed E-state index contributed by atoms with van der Waals surface area (Å²) in [6, 6.07) is 8.12. The van der Waals surface area contributed by atoms with E-state index < -0.39 is 40.8 Å². The number of carbonyl (C=O) groups excluding carboxylic acids is 3. The highest BCUT2D eigenvalue weighted by atomic mass is 32.1. The summed E-state index contributed by atoms with van der Waals surface area (Å²) in [6.07, 6.45) is 0.220. The Morgan fingerprint density at radius 2 is 1.95 bits per heavy atom. The van der Waals surface area contributed by atoms with Crippen LogP contribution in [0.4, 0.5) is 0 Å². The van der Waals surface area contributed by atoms with Crippen LogP contribution in [0.5, 0.6) is 0 Å². The number of benzene rings is 1. The molecule has 2 aliphatic rings. The van der Waals surface area contributed by atoms with Crippen LogP contribution in [-0.2, 0) is 20.9 Å². The zero-order valence-electron chi connectivity index (χ0n) is 21.6. The van der Waals surface area contributed by atoms with Gasteiger partial charge in [-0.1, -0.05) is 45.0 Å². The minimum Gasteiger partial charge on any atom is -0.391 e. The van der Waals surface area contributed by atoms with Gasteiger partial charge < -0.3 is 20.6 Å². The summed E-state index contributed by atoms with van der Waals surface area (Å²) in [4.78, 5) is 46.2. The van der Waals surface area contributed by atoms with E-state index >= 15 is 0 Å². The fourth-order valence-electron chi connectivity index (χ4n) is 4.56. The molecule has 0 radical (unpaired) electrons. The monoisotopic (exact) mass is 523 g/mol. The van der Waals surface area contributed by atoms with Gasteiger partial charge in [-0.25, -0.2) is 4.98 Å². The second-order valence-electron chi connectivity index (χ2n) is 11.0. The van der Waals surface area contributed by atoms with Crippen molar-refractivity contribution >= 4 is 29.1 Å². The number of thiazole rings is 1. The van der Waals surface area contributed by atoms with Crippen LogP contribution in [0.15, 0.2) is 29.8 Å². The lowest BCUT2D eigenvalue weighted by Crippen LogP contribution is -2.58. The smallest absolute Gasteiger partial charge is 0.246 e. The number of nitrogens with one attached hydrogen (secondary N) is 2. The molecule has 1 saturated carbocycles. The van der Waals surface area contributed by atoms with Gasteiger partial charge in [0.2, 0.25) is 17.7 Å². The van der Waals surface area contributed by atoms with E-state index in [9.17, 15) is 24.8 Å². The molecular weight excluding hydrogens is 490 g/mol. The molecule has 1 saturated heterocycles. The van der Waals surface area contributed by atoms with Crippen molar-refractivity contribution in [2.24, 2.45) is 10.8 Å². The van der Waals surface area contributed by atoms with Gasteiger partial charge in [0.25, 0.3) is 0 Å². The van der Waals surface area contributed by atoms with E-state index in [0.29, 0.717) is 12.8 Å². The number of nitriles is 1. The van der Waals surface area contributed by atoms with Crippen molar-refractivity contribution in [3.05, 3.63) is 41.0 Å². The van der Waals surface area contributed by atoms with E-state index in [-0.39, 0.29) is 25.4 Å². The third-order valence-corrected chi connectivity index (χ3v) is 8.06. The van der Waals surface area contributed by atoms with Gasteiger partial charge in [-0.05, 0) is 36.3 Å². The number of hydrogen-bond acceptors (Lipinski definition) is 7. The highest BCUT2D eigenvalue weighted by Gasteiger charge is 2.53. The normalized spacial score (nSPS) is 21.1. The lowest BCUT2D eigenvalue weighted by atomic mass is 9.85. The summed E-state index contributed by atoms with van der Waals surface area (Å²) < 4.78 is 0. The summed E-state index contributed by atoms with van der Waals surface area (Å²) in [6.45, 7) is 7.71. The molecule has 196 valence electrons. The van der Waals surface area contributed by atoms with Gasteiger partial charge in [0.15, 0.2) is 0 Å². The van der Waals surface area contributed by atoms with E-state index in [1.165, 1.54) is 4.90 Å². The molecule has 10 heteroatoms. The molecule has 4 rings (SSSR count). The third kappa shape index (κ3) is 5.68. The maximum atomic E-state index is 13.6. The summed E-state index contributed by atoms with van der Waals surface area (Å²) in [5, 5.41) is 25.4. The second-order valence-corrected chi connectivity index (χ2v) is 11.9. The number of rotatable bonds is 7. The average molecular weight is 524 g/mol. The Labute approximate surface area is 220 Å². The molecule has 1 unspecified atom stereocenters. The molecule has 1 aliphatic carbocycles. The Kier molecular flexibility index (Phi) is 7.40. The highest BCUT2D eigenvalue weighted by Crippen LogP contribution is 2.45. The van der Waals surface area contributed by atoms with Crippen LogP contribution in [0.1, 0.15) is 51.3 Å². The van der Waals surface area contributed by atoms with Crippen LogP contribution >= 0.6 is 11.3 Å². The molecular formula is C27H33N5O4S. The topological polar surface area (TPSA) is 135 Å². The Hall–Kier alpha value is -3.29. The van der Waals surface area contributed by atoms with Crippen LogP contribution in [0.2, 0.25) is 0 Å². The van der Waals surface area contributed by atoms with Gasteiger partial charge >= 0.3 is 0 Å². The van der Waals surface area contributed by atoms with Gasteiger partial charge in [0, 0.05) is 19.5 Å². The molecule has 37 heavy (non-hydrogen) atoms. The van der Waals surface area contributed by atoms with Crippen molar-refractivity contribution < 1.29 is 19.5 Å². The molecule has 3 atom stereocenters. The number of hydrogen-bond donors (Lipinski definition) is 3. The van der Waals surface area contributed by atoms with E-state index in [1.807, 2.05) is 57.5 Å². The Balaban J connectivity index is 1.43. The molecule has 2 heterocycles. The molecule has 0 spiro atoms.